The summed E-state index contributed by atoms with van der Waals surface area (Å²) < 4.78 is 0. The van der Waals surface area contributed by atoms with Crippen molar-refractivity contribution in [2.45, 2.75) is 12.8 Å². The predicted octanol–water partition coefficient (Wildman–Crippen LogP) is 0.270. The molecular weight excluding hydrogens is 186 g/mol. The summed E-state index contributed by atoms with van der Waals surface area (Å²) in [5, 5.41) is 0. The summed E-state index contributed by atoms with van der Waals surface area (Å²) in [4.78, 5) is 32.4. The summed E-state index contributed by atoms with van der Waals surface area (Å²) in [6.07, 6.45) is 4.05. The molecule has 1 aliphatic heterocycles. The Labute approximate surface area is 82.2 Å². The summed E-state index contributed by atoms with van der Waals surface area (Å²) in [7, 11) is 1.44. The van der Waals surface area contributed by atoms with Gasteiger partial charge in [0.2, 0.25) is 0 Å². The summed E-state index contributed by atoms with van der Waals surface area (Å²) in [5.41, 5.74) is 0. The normalized spacial score (nSPS) is 15.6. The van der Waals surface area contributed by atoms with Crippen LogP contribution >= 0.6 is 0 Å². The Morgan fingerprint density at radius 1 is 1.21 bits per heavy atom. The van der Waals surface area contributed by atoms with Gasteiger partial charge in [-0.1, -0.05) is 0 Å². The smallest absolute Gasteiger partial charge is 0.253 e. The second-order valence-electron chi connectivity index (χ2n) is 2.86. The topological polar surface area (TPSA) is 55.8 Å². The van der Waals surface area contributed by atoms with Crippen molar-refractivity contribution in [1.29, 1.82) is 0 Å². The lowest BCUT2D eigenvalue weighted by atomic mass is 10.3. The average Bonchev–Trinajstić information content (AvgIpc) is 2.48. The van der Waals surface area contributed by atoms with Crippen LogP contribution in [0, 0.1) is 0 Å². The average molecular weight is 199 g/mol. The SMILES string of the molecule is COOCCCCN1C(=O)C=CC1=O. The molecule has 14 heavy (non-hydrogen) atoms. The molecule has 0 aromatic carbocycles. The van der Waals surface area contributed by atoms with E-state index in [2.05, 4.69) is 9.78 Å². The number of imide groups is 1. The Morgan fingerprint density at radius 2 is 1.86 bits per heavy atom. The first-order chi connectivity index (χ1) is 6.75. The maximum Gasteiger partial charge on any atom is 0.253 e. The zero-order chi connectivity index (χ0) is 10.4. The van der Waals surface area contributed by atoms with Gasteiger partial charge in [-0.15, -0.1) is 0 Å². The number of hydrogen-bond donors (Lipinski definition) is 0. The van der Waals surface area contributed by atoms with Crippen LogP contribution in [0.2, 0.25) is 0 Å². The van der Waals surface area contributed by atoms with Gasteiger partial charge in [-0.2, -0.15) is 0 Å². The van der Waals surface area contributed by atoms with E-state index in [0.717, 1.165) is 12.8 Å². The fraction of sp³-hybridized carbons (Fsp3) is 0.556. The van der Waals surface area contributed by atoms with Crippen LogP contribution in [0.15, 0.2) is 12.2 Å². The minimum Gasteiger partial charge on any atom is -0.275 e. The van der Waals surface area contributed by atoms with Crippen LogP contribution in [-0.4, -0.2) is 37.0 Å². The zero-order valence-electron chi connectivity index (χ0n) is 8.06. The van der Waals surface area contributed by atoms with Gasteiger partial charge in [0.1, 0.15) is 0 Å². The van der Waals surface area contributed by atoms with Crippen molar-refractivity contribution in [2.75, 3.05) is 20.3 Å². The van der Waals surface area contributed by atoms with E-state index in [0.29, 0.717) is 13.2 Å². The lowest BCUT2D eigenvalue weighted by Crippen LogP contribution is -2.30. The van der Waals surface area contributed by atoms with Crippen molar-refractivity contribution in [3.05, 3.63) is 12.2 Å². The highest BCUT2D eigenvalue weighted by Gasteiger charge is 2.21. The fourth-order valence-corrected chi connectivity index (χ4v) is 1.17. The predicted molar refractivity (Wildman–Crippen MR) is 48.1 cm³/mol. The highest BCUT2D eigenvalue weighted by molar-refractivity contribution is 6.12. The van der Waals surface area contributed by atoms with E-state index in [4.69, 9.17) is 0 Å². The van der Waals surface area contributed by atoms with E-state index in [1.165, 1.54) is 24.2 Å². The van der Waals surface area contributed by atoms with Crippen LogP contribution in [0.25, 0.3) is 0 Å². The summed E-state index contributed by atoms with van der Waals surface area (Å²) in [6, 6.07) is 0. The summed E-state index contributed by atoms with van der Waals surface area (Å²) in [5.74, 6) is -0.467. The van der Waals surface area contributed by atoms with Crippen LogP contribution in [-0.2, 0) is 19.4 Å². The van der Waals surface area contributed by atoms with E-state index >= 15 is 0 Å². The fourth-order valence-electron chi connectivity index (χ4n) is 1.17. The Hall–Kier alpha value is -1.20. The van der Waals surface area contributed by atoms with Crippen molar-refractivity contribution in [1.82, 2.24) is 4.90 Å². The highest BCUT2D eigenvalue weighted by Crippen LogP contribution is 2.05. The number of nitrogens with zero attached hydrogens (tertiary/aromatic N) is 1. The van der Waals surface area contributed by atoms with Gasteiger partial charge in [-0.3, -0.25) is 14.5 Å². The molecule has 0 aliphatic carbocycles. The van der Waals surface area contributed by atoms with Crippen molar-refractivity contribution < 1.29 is 19.4 Å². The first kappa shape index (κ1) is 10.9. The van der Waals surface area contributed by atoms with Crippen LogP contribution < -0.4 is 0 Å². The molecule has 0 bridgehead atoms. The lowest BCUT2D eigenvalue weighted by molar-refractivity contribution is -0.272. The lowest BCUT2D eigenvalue weighted by Gasteiger charge is -2.12. The van der Waals surface area contributed by atoms with E-state index in [1.807, 2.05) is 0 Å². The quantitative estimate of drug-likeness (QED) is 0.267. The van der Waals surface area contributed by atoms with Crippen molar-refractivity contribution in [3.8, 4) is 0 Å². The van der Waals surface area contributed by atoms with E-state index in [1.54, 1.807) is 0 Å². The largest absolute Gasteiger partial charge is 0.275 e. The molecule has 0 saturated heterocycles. The van der Waals surface area contributed by atoms with E-state index in [9.17, 15) is 9.59 Å². The van der Waals surface area contributed by atoms with Gasteiger partial charge in [0.05, 0.1) is 13.7 Å². The minimum absolute atomic E-state index is 0.234. The van der Waals surface area contributed by atoms with Gasteiger partial charge in [-0.25, -0.2) is 9.78 Å². The molecule has 2 amide bonds. The third-order valence-corrected chi connectivity index (χ3v) is 1.88. The highest BCUT2D eigenvalue weighted by atomic mass is 17.2. The second kappa shape index (κ2) is 5.51. The minimum atomic E-state index is -0.234. The van der Waals surface area contributed by atoms with Crippen LogP contribution in [0.5, 0.6) is 0 Å². The van der Waals surface area contributed by atoms with Crippen molar-refractivity contribution in [2.24, 2.45) is 0 Å². The third kappa shape index (κ3) is 2.93. The number of rotatable bonds is 6. The molecule has 0 saturated carbocycles. The molecular formula is C9H13NO4. The number of carbonyl (C=O) groups excluding carboxylic acids is 2. The van der Waals surface area contributed by atoms with Crippen LogP contribution in [0.3, 0.4) is 0 Å². The molecule has 0 unspecified atom stereocenters. The second-order valence-corrected chi connectivity index (χ2v) is 2.86. The number of unbranched alkanes of at least 4 members (excludes halogenated alkanes) is 1. The molecule has 5 nitrogen and oxygen atoms in total. The Morgan fingerprint density at radius 3 is 2.43 bits per heavy atom. The molecule has 1 aliphatic rings. The van der Waals surface area contributed by atoms with Crippen LogP contribution in [0.4, 0.5) is 0 Å². The molecule has 0 fully saturated rings. The van der Waals surface area contributed by atoms with Crippen molar-refractivity contribution >= 4 is 11.8 Å². The van der Waals surface area contributed by atoms with Gasteiger partial charge in [0, 0.05) is 18.7 Å². The molecule has 1 rings (SSSR count). The molecule has 0 atom stereocenters. The van der Waals surface area contributed by atoms with Crippen molar-refractivity contribution in [3.63, 3.8) is 0 Å². The van der Waals surface area contributed by atoms with E-state index < -0.39 is 0 Å². The molecule has 0 spiro atoms. The molecule has 1 heterocycles. The molecule has 0 aromatic rings. The van der Waals surface area contributed by atoms with Crippen LogP contribution in [0.1, 0.15) is 12.8 Å². The Balaban J connectivity index is 2.13. The summed E-state index contributed by atoms with van der Waals surface area (Å²) in [6.45, 7) is 0.915. The Kier molecular flexibility index (Phi) is 4.28. The first-order valence-electron chi connectivity index (χ1n) is 4.45. The first-order valence-corrected chi connectivity index (χ1v) is 4.45. The van der Waals surface area contributed by atoms with Gasteiger partial charge in [0.15, 0.2) is 0 Å². The van der Waals surface area contributed by atoms with Gasteiger partial charge < -0.3 is 0 Å². The third-order valence-electron chi connectivity index (χ3n) is 1.88. The molecule has 0 aromatic heterocycles. The molecule has 78 valence electrons. The maximum atomic E-state index is 11.1. The summed E-state index contributed by atoms with van der Waals surface area (Å²) >= 11 is 0. The van der Waals surface area contributed by atoms with Gasteiger partial charge in [-0.05, 0) is 12.8 Å². The monoisotopic (exact) mass is 199 g/mol. The standard InChI is InChI=1S/C9H13NO4/c1-13-14-7-3-2-6-10-8(11)4-5-9(10)12/h4-5H,2-3,6-7H2,1H3. The maximum absolute atomic E-state index is 11.1. The number of hydrogen-bond acceptors (Lipinski definition) is 4. The molecule has 5 heteroatoms. The van der Waals surface area contributed by atoms with Gasteiger partial charge >= 0.3 is 0 Å². The van der Waals surface area contributed by atoms with E-state index in [-0.39, 0.29) is 11.8 Å². The van der Waals surface area contributed by atoms with Gasteiger partial charge in [0.25, 0.3) is 11.8 Å². The Bertz CT molecular complexity index is 231. The number of amides is 2. The number of carbonyl (C=O) groups is 2. The zero-order valence-corrected chi connectivity index (χ0v) is 8.06. The molecule has 0 radical (unpaired) electrons. The molecule has 0 N–H and O–H groups in total.